The molecule has 1 amide bonds. The van der Waals surface area contributed by atoms with Gasteiger partial charge in [0.1, 0.15) is 11.6 Å². The number of hydrogen-bond donors (Lipinski definition) is 2. The summed E-state index contributed by atoms with van der Waals surface area (Å²) in [6.45, 7) is 6.56. The Hall–Kier alpha value is -3.35. The van der Waals surface area contributed by atoms with Crippen LogP contribution in [0.25, 0.3) is 11.3 Å². The van der Waals surface area contributed by atoms with E-state index in [-0.39, 0.29) is 12.5 Å². The number of piperidine rings is 1. The monoisotopic (exact) mass is 436 g/mol. The molecule has 0 bridgehead atoms. The SMILES string of the molecule is CCOc1ccc(C)cc1-c1cc(CNC(=O)c2cc(F)ccc2N2CCCCC2)[nH]n1. The molecule has 1 fully saturated rings. The second kappa shape index (κ2) is 9.85. The second-order valence-electron chi connectivity index (χ2n) is 8.10. The third-order valence-corrected chi connectivity index (χ3v) is 5.68. The average Bonchev–Trinajstić information content (AvgIpc) is 3.28. The summed E-state index contributed by atoms with van der Waals surface area (Å²) in [6, 6.07) is 12.3. The van der Waals surface area contributed by atoms with E-state index in [1.807, 2.05) is 38.1 Å². The average molecular weight is 437 g/mol. The minimum absolute atomic E-state index is 0.261. The molecule has 7 heteroatoms. The minimum atomic E-state index is -0.414. The number of rotatable bonds is 7. The normalized spacial score (nSPS) is 13.8. The Morgan fingerprint density at radius 2 is 1.97 bits per heavy atom. The van der Waals surface area contributed by atoms with Crippen molar-refractivity contribution in [1.29, 1.82) is 0 Å². The zero-order valence-electron chi connectivity index (χ0n) is 18.6. The molecule has 1 aliphatic rings. The molecule has 0 radical (unpaired) electrons. The largest absolute Gasteiger partial charge is 0.493 e. The molecule has 2 N–H and O–H groups in total. The van der Waals surface area contributed by atoms with Gasteiger partial charge < -0.3 is 15.0 Å². The molecule has 0 saturated carbocycles. The molecule has 168 valence electrons. The van der Waals surface area contributed by atoms with Crippen LogP contribution < -0.4 is 15.0 Å². The molecule has 0 atom stereocenters. The summed E-state index contributed by atoms with van der Waals surface area (Å²) in [5, 5.41) is 10.3. The number of aryl methyl sites for hydroxylation is 1. The van der Waals surface area contributed by atoms with E-state index < -0.39 is 5.82 Å². The van der Waals surface area contributed by atoms with Crippen molar-refractivity contribution in [3.63, 3.8) is 0 Å². The lowest BCUT2D eigenvalue weighted by atomic mass is 10.1. The molecule has 1 aromatic heterocycles. The maximum Gasteiger partial charge on any atom is 0.253 e. The van der Waals surface area contributed by atoms with Gasteiger partial charge >= 0.3 is 0 Å². The molecule has 1 saturated heterocycles. The number of carbonyl (C=O) groups is 1. The third kappa shape index (κ3) is 4.93. The van der Waals surface area contributed by atoms with Gasteiger partial charge in [0.15, 0.2) is 0 Å². The van der Waals surface area contributed by atoms with Crippen molar-refractivity contribution in [1.82, 2.24) is 15.5 Å². The number of ether oxygens (including phenoxy) is 1. The lowest BCUT2D eigenvalue weighted by molar-refractivity contribution is 0.0950. The van der Waals surface area contributed by atoms with E-state index in [4.69, 9.17) is 4.74 Å². The van der Waals surface area contributed by atoms with Gasteiger partial charge in [-0.05, 0) is 69.5 Å². The van der Waals surface area contributed by atoms with E-state index in [0.717, 1.165) is 59.9 Å². The molecular weight excluding hydrogens is 407 g/mol. The van der Waals surface area contributed by atoms with Crippen LogP contribution in [0.3, 0.4) is 0 Å². The van der Waals surface area contributed by atoms with Crippen LogP contribution in [0.5, 0.6) is 5.75 Å². The first-order valence-corrected chi connectivity index (χ1v) is 11.2. The van der Waals surface area contributed by atoms with Crippen molar-refractivity contribution in [3.8, 4) is 17.0 Å². The van der Waals surface area contributed by atoms with Gasteiger partial charge in [-0.1, -0.05) is 11.6 Å². The van der Waals surface area contributed by atoms with Crippen LogP contribution in [-0.4, -0.2) is 35.8 Å². The van der Waals surface area contributed by atoms with Crippen LogP contribution in [0, 0.1) is 12.7 Å². The summed E-state index contributed by atoms with van der Waals surface area (Å²) in [5.74, 6) is 0.0561. The summed E-state index contributed by atoms with van der Waals surface area (Å²) < 4.78 is 19.7. The number of aromatic amines is 1. The molecule has 3 aromatic rings. The van der Waals surface area contributed by atoms with Crippen LogP contribution >= 0.6 is 0 Å². The van der Waals surface area contributed by atoms with Crippen molar-refractivity contribution in [3.05, 3.63) is 65.1 Å². The van der Waals surface area contributed by atoms with Gasteiger partial charge in [0, 0.05) is 24.3 Å². The zero-order chi connectivity index (χ0) is 22.5. The summed E-state index contributed by atoms with van der Waals surface area (Å²) in [5.41, 5.74) is 4.67. The minimum Gasteiger partial charge on any atom is -0.493 e. The number of nitrogens with one attached hydrogen (secondary N) is 2. The predicted molar refractivity (Wildman–Crippen MR) is 124 cm³/mol. The van der Waals surface area contributed by atoms with Gasteiger partial charge in [-0.2, -0.15) is 5.10 Å². The van der Waals surface area contributed by atoms with E-state index in [0.29, 0.717) is 12.2 Å². The van der Waals surface area contributed by atoms with Crippen molar-refractivity contribution >= 4 is 11.6 Å². The number of halogens is 1. The third-order valence-electron chi connectivity index (χ3n) is 5.68. The van der Waals surface area contributed by atoms with E-state index in [1.165, 1.54) is 18.6 Å². The fraction of sp³-hybridized carbons (Fsp3) is 0.360. The van der Waals surface area contributed by atoms with Gasteiger partial charge in [0.05, 0.1) is 30.1 Å². The molecule has 32 heavy (non-hydrogen) atoms. The number of anilines is 1. The molecular formula is C25H29FN4O2. The van der Waals surface area contributed by atoms with E-state index in [1.54, 1.807) is 6.07 Å². The summed E-state index contributed by atoms with van der Waals surface area (Å²) in [6.07, 6.45) is 3.35. The molecule has 1 aliphatic heterocycles. The Kier molecular flexibility index (Phi) is 6.73. The van der Waals surface area contributed by atoms with E-state index >= 15 is 0 Å². The second-order valence-corrected chi connectivity index (χ2v) is 8.10. The van der Waals surface area contributed by atoms with Gasteiger partial charge in [-0.3, -0.25) is 9.89 Å². The zero-order valence-corrected chi connectivity index (χ0v) is 18.6. The van der Waals surface area contributed by atoms with Gasteiger partial charge in [-0.25, -0.2) is 4.39 Å². The molecule has 0 aliphatic carbocycles. The standard InChI is InChI=1S/C25H29FN4O2/c1-3-32-24-10-7-17(2)13-20(24)22-15-19(28-29-22)16-27-25(31)21-14-18(26)8-9-23(21)30-11-5-4-6-12-30/h7-10,13-15H,3-6,11-12,16H2,1-2H3,(H,27,31)(H,28,29). The fourth-order valence-corrected chi connectivity index (χ4v) is 4.09. The number of H-pyrrole nitrogens is 1. The molecule has 0 unspecified atom stereocenters. The van der Waals surface area contributed by atoms with Crippen molar-refractivity contribution in [2.24, 2.45) is 0 Å². The first kappa shape index (κ1) is 21.9. The summed E-state index contributed by atoms with van der Waals surface area (Å²) in [4.78, 5) is 15.1. The first-order valence-electron chi connectivity index (χ1n) is 11.2. The number of aromatic nitrogens is 2. The number of benzene rings is 2. The smallest absolute Gasteiger partial charge is 0.253 e. The first-order chi connectivity index (χ1) is 15.5. The highest BCUT2D eigenvalue weighted by atomic mass is 19.1. The number of hydrogen-bond acceptors (Lipinski definition) is 4. The number of nitrogens with zero attached hydrogens (tertiary/aromatic N) is 2. The maximum atomic E-state index is 13.9. The van der Waals surface area contributed by atoms with Crippen molar-refractivity contribution < 1.29 is 13.9 Å². The fourth-order valence-electron chi connectivity index (χ4n) is 4.09. The molecule has 6 nitrogen and oxygen atoms in total. The van der Waals surface area contributed by atoms with Crippen LogP contribution in [0.2, 0.25) is 0 Å². The van der Waals surface area contributed by atoms with Crippen LogP contribution in [0.1, 0.15) is 47.8 Å². The Morgan fingerprint density at radius 1 is 1.16 bits per heavy atom. The van der Waals surface area contributed by atoms with Gasteiger partial charge in [-0.15, -0.1) is 0 Å². The Morgan fingerprint density at radius 3 is 2.75 bits per heavy atom. The number of amides is 1. The summed E-state index contributed by atoms with van der Waals surface area (Å²) >= 11 is 0. The highest BCUT2D eigenvalue weighted by Gasteiger charge is 2.20. The molecule has 2 heterocycles. The van der Waals surface area contributed by atoms with E-state index in [2.05, 4.69) is 20.4 Å². The van der Waals surface area contributed by atoms with Crippen LogP contribution in [0.15, 0.2) is 42.5 Å². The topological polar surface area (TPSA) is 70.2 Å². The highest BCUT2D eigenvalue weighted by Crippen LogP contribution is 2.30. The summed E-state index contributed by atoms with van der Waals surface area (Å²) in [7, 11) is 0. The van der Waals surface area contributed by atoms with Gasteiger partial charge in [0.25, 0.3) is 5.91 Å². The molecule has 2 aromatic carbocycles. The lowest BCUT2D eigenvalue weighted by Gasteiger charge is -2.30. The van der Waals surface area contributed by atoms with Crippen LogP contribution in [0.4, 0.5) is 10.1 Å². The predicted octanol–water partition coefficient (Wildman–Crippen LogP) is 4.84. The Labute approximate surface area is 187 Å². The Balaban J connectivity index is 1.49. The molecule has 0 spiro atoms. The van der Waals surface area contributed by atoms with Crippen molar-refractivity contribution in [2.75, 3.05) is 24.6 Å². The van der Waals surface area contributed by atoms with Gasteiger partial charge in [0.2, 0.25) is 0 Å². The van der Waals surface area contributed by atoms with E-state index in [9.17, 15) is 9.18 Å². The molecule has 4 rings (SSSR count). The quantitative estimate of drug-likeness (QED) is 0.556. The van der Waals surface area contributed by atoms with Crippen LogP contribution in [-0.2, 0) is 6.54 Å². The van der Waals surface area contributed by atoms with Crippen molar-refractivity contribution in [2.45, 2.75) is 39.7 Å². The lowest BCUT2D eigenvalue weighted by Crippen LogP contribution is -2.32. The number of carbonyl (C=O) groups excluding carboxylic acids is 1. The highest BCUT2D eigenvalue weighted by molar-refractivity contribution is 5.99. The maximum absolute atomic E-state index is 13.9. The Bertz CT molecular complexity index is 1090.